The van der Waals surface area contributed by atoms with E-state index in [4.69, 9.17) is 5.11 Å². The van der Waals surface area contributed by atoms with E-state index < -0.39 is 12.0 Å². The number of aliphatic carboxylic acids is 1. The second-order valence-corrected chi connectivity index (χ2v) is 5.30. The van der Waals surface area contributed by atoms with Gasteiger partial charge in [0.2, 0.25) is 0 Å². The van der Waals surface area contributed by atoms with Gasteiger partial charge in [0.15, 0.2) is 0 Å². The Morgan fingerprint density at radius 1 is 1.30 bits per heavy atom. The highest BCUT2D eigenvalue weighted by molar-refractivity contribution is 5.97. The molecule has 1 N–H and O–H groups in total. The Morgan fingerprint density at radius 2 is 2.00 bits per heavy atom. The van der Waals surface area contributed by atoms with Gasteiger partial charge in [-0.15, -0.1) is 0 Å². The Morgan fingerprint density at radius 3 is 2.60 bits per heavy atom. The van der Waals surface area contributed by atoms with Gasteiger partial charge in [0.1, 0.15) is 6.04 Å². The van der Waals surface area contributed by atoms with Crippen molar-refractivity contribution < 1.29 is 14.7 Å². The molecule has 1 heterocycles. The van der Waals surface area contributed by atoms with Crippen molar-refractivity contribution in [3.8, 4) is 0 Å². The molecule has 1 amide bonds. The number of rotatable bonds is 5. The first-order chi connectivity index (χ1) is 9.63. The van der Waals surface area contributed by atoms with Crippen LogP contribution < -0.4 is 0 Å². The number of likely N-dealkylation sites (tertiary alicyclic amines) is 1. The minimum atomic E-state index is -0.907. The second-order valence-electron chi connectivity index (χ2n) is 5.30. The van der Waals surface area contributed by atoms with Crippen LogP contribution in [0.1, 0.15) is 48.5 Å². The van der Waals surface area contributed by atoms with E-state index in [0.717, 1.165) is 25.7 Å². The van der Waals surface area contributed by atoms with Gasteiger partial charge in [0.05, 0.1) is 0 Å². The molecule has 1 atom stereocenters. The molecule has 0 bridgehead atoms. The molecule has 1 saturated heterocycles. The van der Waals surface area contributed by atoms with E-state index in [1.807, 2.05) is 24.3 Å². The lowest BCUT2D eigenvalue weighted by Crippen LogP contribution is -2.40. The van der Waals surface area contributed by atoms with Crippen LogP contribution in [0.2, 0.25) is 0 Å². The number of nitrogens with zero attached hydrogens (tertiary/aromatic N) is 1. The molecule has 0 spiro atoms. The molecule has 1 fully saturated rings. The van der Waals surface area contributed by atoms with Crippen LogP contribution in [0.5, 0.6) is 0 Å². The summed E-state index contributed by atoms with van der Waals surface area (Å²) in [6, 6.07) is 6.89. The minimum Gasteiger partial charge on any atom is -0.480 e. The molecule has 4 nitrogen and oxygen atoms in total. The van der Waals surface area contributed by atoms with Crippen molar-refractivity contribution in [1.29, 1.82) is 0 Å². The topological polar surface area (TPSA) is 57.6 Å². The normalized spacial score (nSPS) is 18.2. The number of carboxylic acids is 1. The monoisotopic (exact) mass is 275 g/mol. The molecule has 20 heavy (non-hydrogen) atoms. The molecule has 0 radical (unpaired) electrons. The molecule has 0 saturated carbocycles. The average Bonchev–Trinajstić information content (AvgIpc) is 2.94. The number of hydrogen-bond acceptors (Lipinski definition) is 2. The highest BCUT2D eigenvalue weighted by Gasteiger charge is 2.34. The third-order valence-electron chi connectivity index (χ3n) is 3.82. The van der Waals surface area contributed by atoms with Crippen molar-refractivity contribution in [2.24, 2.45) is 0 Å². The first-order valence-corrected chi connectivity index (χ1v) is 7.26. The van der Waals surface area contributed by atoms with Crippen molar-refractivity contribution in [3.05, 3.63) is 35.4 Å². The van der Waals surface area contributed by atoms with Crippen LogP contribution in [0.25, 0.3) is 0 Å². The highest BCUT2D eigenvalue weighted by atomic mass is 16.4. The van der Waals surface area contributed by atoms with Crippen LogP contribution in [0.15, 0.2) is 24.3 Å². The number of hydrogen-bond donors (Lipinski definition) is 1. The molecular weight excluding hydrogens is 254 g/mol. The number of aryl methyl sites for hydroxylation is 1. The molecular formula is C16H21NO3. The van der Waals surface area contributed by atoms with Crippen molar-refractivity contribution in [2.45, 2.75) is 45.1 Å². The first-order valence-electron chi connectivity index (χ1n) is 7.26. The quantitative estimate of drug-likeness (QED) is 0.899. The molecule has 1 aromatic rings. The van der Waals surface area contributed by atoms with Crippen LogP contribution in [0, 0.1) is 0 Å². The predicted octanol–water partition coefficient (Wildman–Crippen LogP) is 2.72. The number of carboxylic acid groups (broad SMARTS) is 1. The molecule has 4 heteroatoms. The SMILES string of the molecule is CCCCc1ccc(C(=O)N2CCCC2C(=O)O)cc1. The van der Waals surface area contributed by atoms with Gasteiger partial charge in [-0.05, 0) is 43.4 Å². The fourth-order valence-corrected chi connectivity index (χ4v) is 2.63. The Kier molecular flexibility index (Phi) is 4.77. The molecule has 108 valence electrons. The van der Waals surface area contributed by atoms with E-state index >= 15 is 0 Å². The Bertz CT molecular complexity index is 481. The van der Waals surface area contributed by atoms with Gasteiger partial charge in [-0.25, -0.2) is 4.79 Å². The lowest BCUT2D eigenvalue weighted by molar-refractivity contribution is -0.141. The summed E-state index contributed by atoms with van der Waals surface area (Å²) in [6.07, 6.45) is 4.62. The summed E-state index contributed by atoms with van der Waals surface area (Å²) in [5.74, 6) is -1.08. The summed E-state index contributed by atoms with van der Waals surface area (Å²) in [5, 5.41) is 9.13. The van der Waals surface area contributed by atoms with Gasteiger partial charge in [-0.2, -0.15) is 0 Å². The van der Waals surface area contributed by atoms with Crippen LogP contribution in [0.4, 0.5) is 0 Å². The Hall–Kier alpha value is -1.84. The van der Waals surface area contributed by atoms with Crippen molar-refractivity contribution in [2.75, 3.05) is 6.54 Å². The third-order valence-corrected chi connectivity index (χ3v) is 3.82. The maximum Gasteiger partial charge on any atom is 0.326 e. The van der Waals surface area contributed by atoms with E-state index in [1.54, 1.807) is 0 Å². The summed E-state index contributed by atoms with van der Waals surface area (Å²) in [6.45, 7) is 2.69. The van der Waals surface area contributed by atoms with E-state index in [2.05, 4.69) is 6.92 Å². The van der Waals surface area contributed by atoms with E-state index in [9.17, 15) is 9.59 Å². The fourth-order valence-electron chi connectivity index (χ4n) is 2.63. The van der Waals surface area contributed by atoms with Gasteiger partial charge in [0.25, 0.3) is 5.91 Å². The second kappa shape index (κ2) is 6.55. The smallest absolute Gasteiger partial charge is 0.326 e. The lowest BCUT2D eigenvalue weighted by Gasteiger charge is -2.21. The lowest BCUT2D eigenvalue weighted by atomic mass is 10.1. The zero-order chi connectivity index (χ0) is 14.5. The summed E-state index contributed by atoms with van der Waals surface area (Å²) in [4.78, 5) is 25.0. The van der Waals surface area contributed by atoms with Gasteiger partial charge in [-0.1, -0.05) is 25.5 Å². The molecule has 1 unspecified atom stereocenters. The zero-order valence-electron chi connectivity index (χ0n) is 11.8. The van der Waals surface area contributed by atoms with E-state index in [1.165, 1.54) is 10.5 Å². The summed E-state index contributed by atoms with van der Waals surface area (Å²) >= 11 is 0. The fraction of sp³-hybridized carbons (Fsp3) is 0.500. The van der Waals surface area contributed by atoms with Crippen LogP contribution in [-0.4, -0.2) is 34.5 Å². The first kappa shape index (κ1) is 14.6. The number of carbonyl (C=O) groups excluding carboxylic acids is 1. The zero-order valence-corrected chi connectivity index (χ0v) is 11.8. The van der Waals surface area contributed by atoms with Gasteiger partial charge >= 0.3 is 5.97 Å². The molecule has 0 aromatic heterocycles. The molecule has 0 aliphatic carbocycles. The minimum absolute atomic E-state index is 0.169. The predicted molar refractivity (Wildman–Crippen MR) is 76.7 cm³/mol. The van der Waals surface area contributed by atoms with Crippen molar-refractivity contribution >= 4 is 11.9 Å². The van der Waals surface area contributed by atoms with Crippen LogP contribution in [0.3, 0.4) is 0 Å². The third kappa shape index (κ3) is 3.18. The maximum absolute atomic E-state index is 12.3. The van der Waals surface area contributed by atoms with Gasteiger partial charge < -0.3 is 10.0 Å². The largest absolute Gasteiger partial charge is 0.480 e. The summed E-state index contributed by atoms with van der Waals surface area (Å²) in [7, 11) is 0. The van der Waals surface area contributed by atoms with E-state index in [-0.39, 0.29) is 5.91 Å². The number of amides is 1. The van der Waals surface area contributed by atoms with E-state index in [0.29, 0.717) is 18.5 Å². The molecule has 1 aromatic carbocycles. The molecule has 1 aliphatic heterocycles. The number of benzene rings is 1. The van der Waals surface area contributed by atoms with Gasteiger partial charge in [-0.3, -0.25) is 4.79 Å². The molecule has 1 aliphatic rings. The standard InChI is InChI=1S/C16H21NO3/c1-2-3-5-12-7-9-13(10-8-12)15(18)17-11-4-6-14(17)16(19)20/h7-10,14H,2-6,11H2,1H3,(H,19,20). The summed E-state index contributed by atoms with van der Waals surface area (Å²) < 4.78 is 0. The summed E-state index contributed by atoms with van der Waals surface area (Å²) in [5.41, 5.74) is 1.80. The highest BCUT2D eigenvalue weighted by Crippen LogP contribution is 2.20. The Balaban J connectivity index is 2.07. The van der Waals surface area contributed by atoms with Gasteiger partial charge in [0, 0.05) is 12.1 Å². The van der Waals surface area contributed by atoms with Crippen molar-refractivity contribution in [1.82, 2.24) is 4.90 Å². The Labute approximate surface area is 119 Å². The average molecular weight is 275 g/mol. The van der Waals surface area contributed by atoms with Crippen LogP contribution >= 0.6 is 0 Å². The van der Waals surface area contributed by atoms with Crippen molar-refractivity contribution in [3.63, 3.8) is 0 Å². The maximum atomic E-state index is 12.3. The molecule has 2 rings (SSSR count). The number of carbonyl (C=O) groups is 2. The number of unbranched alkanes of at least 4 members (excludes halogenated alkanes) is 1. The van der Waals surface area contributed by atoms with Crippen LogP contribution in [-0.2, 0) is 11.2 Å².